The second-order valence-electron chi connectivity index (χ2n) is 7.42. The van der Waals surface area contributed by atoms with Crippen LogP contribution in [0.2, 0.25) is 0 Å². The van der Waals surface area contributed by atoms with E-state index in [1.54, 1.807) is 0 Å². The second kappa shape index (κ2) is 5.38. The van der Waals surface area contributed by atoms with Crippen LogP contribution in [0.4, 0.5) is 0 Å². The summed E-state index contributed by atoms with van der Waals surface area (Å²) < 4.78 is 0. The van der Waals surface area contributed by atoms with Crippen molar-refractivity contribution in [3.05, 3.63) is 0 Å². The molecule has 1 heterocycles. The third kappa shape index (κ3) is 2.84. The third-order valence-electron chi connectivity index (χ3n) is 4.85. The van der Waals surface area contributed by atoms with E-state index in [2.05, 4.69) is 19.2 Å². The van der Waals surface area contributed by atoms with Gasteiger partial charge in [0.15, 0.2) is 0 Å². The zero-order chi connectivity index (χ0) is 15.1. The smallest absolute Gasteiger partial charge is 0.245 e. The first kappa shape index (κ1) is 15.3. The predicted molar refractivity (Wildman–Crippen MR) is 79.1 cm³/mol. The van der Waals surface area contributed by atoms with E-state index in [9.17, 15) is 9.59 Å². The summed E-state index contributed by atoms with van der Waals surface area (Å²) >= 11 is 0. The number of rotatable bonds is 5. The van der Waals surface area contributed by atoms with Crippen molar-refractivity contribution in [3.8, 4) is 0 Å². The highest BCUT2D eigenvalue weighted by Gasteiger charge is 2.50. The van der Waals surface area contributed by atoms with E-state index in [4.69, 9.17) is 0 Å². The molecule has 0 aromatic heterocycles. The molecule has 114 valence electrons. The maximum Gasteiger partial charge on any atom is 0.245 e. The van der Waals surface area contributed by atoms with Gasteiger partial charge < -0.3 is 10.2 Å². The minimum absolute atomic E-state index is 0.0245. The maximum atomic E-state index is 12.7. The van der Waals surface area contributed by atoms with E-state index < -0.39 is 0 Å². The fraction of sp³-hybridized carbons (Fsp3) is 0.875. The van der Waals surface area contributed by atoms with Crippen molar-refractivity contribution in [2.24, 2.45) is 17.3 Å². The van der Waals surface area contributed by atoms with Crippen LogP contribution in [0.25, 0.3) is 0 Å². The zero-order valence-electron chi connectivity index (χ0n) is 13.4. The molecule has 2 rings (SSSR count). The van der Waals surface area contributed by atoms with Gasteiger partial charge in [-0.15, -0.1) is 0 Å². The highest BCUT2D eigenvalue weighted by Crippen LogP contribution is 2.52. The SMILES string of the molecule is CCCC1NC(=O)C(C(C)C)N(CC2CC2(C)C)C1=O. The largest absolute Gasteiger partial charge is 0.342 e. The molecule has 1 saturated heterocycles. The highest BCUT2D eigenvalue weighted by molar-refractivity contribution is 5.97. The molecule has 1 saturated carbocycles. The van der Waals surface area contributed by atoms with Gasteiger partial charge in [-0.25, -0.2) is 0 Å². The molecule has 3 unspecified atom stereocenters. The summed E-state index contributed by atoms with van der Waals surface area (Å²) in [7, 11) is 0. The Bertz CT molecular complexity index is 403. The lowest BCUT2D eigenvalue weighted by Gasteiger charge is -2.41. The van der Waals surface area contributed by atoms with E-state index in [0.717, 1.165) is 25.8 Å². The lowest BCUT2D eigenvalue weighted by molar-refractivity contribution is -0.151. The number of carbonyl (C=O) groups is 2. The normalized spacial score (nSPS) is 32.5. The van der Waals surface area contributed by atoms with Crippen molar-refractivity contribution in [3.63, 3.8) is 0 Å². The van der Waals surface area contributed by atoms with Crippen molar-refractivity contribution < 1.29 is 9.59 Å². The molecule has 4 nitrogen and oxygen atoms in total. The lowest BCUT2D eigenvalue weighted by atomic mass is 9.94. The van der Waals surface area contributed by atoms with Crippen LogP contribution in [0, 0.1) is 17.3 Å². The molecule has 2 fully saturated rings. The molecule has 0 spiro atoms. The Labute approximate surface area is 122 Å². The molecule has 3 atom stereocenters. The van der Waals surface area contributed by atoms with Crippen LogP contribution >= 0.6 is 0 Å². The Balaban J connectivity index is 2.16. The van der Waals surface area contributed by atoms with E-state index in [1.165, 1.54) is 0 Å². The van der Waals surface area contributed by atoms with Gasteiger partial charge in [0.2, 0.25) is 11.8 Å². The summed E-state index contributed by atoms with van der Waals surface area (Å²) in [5.74, 6) is 0.841. The molecule has 20 heavy (non-hydrogen) atoms. The fourth-order valence-corrected chi connectivity index (χ4v) is 3.27. The maximum absolute atomic E-state index is 12.7. The Morgan fingerprint density at radius 1 is 1.35 bits per heavy atom. The molecule has 1 aliphatic heterocycles. The van der Waals surface area contributed by atoms with Crippen LogP contribution in [-0.2, 0) is 9.59 Å². The highest BCUT2D eigenvalue weighted by atomic mass is 16.2. The third-order valence-corrected chi connectivity index (χ3v) is 4.85. The van der Waals surface area contributed by atoms with Crippen molar-refractivity contribution in [2.45, 2.75) is 66.0 Å². The van der Waals surface area contributed by atoms with Gasteiger partial charge in [0, 0.05) is 6.54 Å². The molecular formula is C16H28N2O2. The topological polar surface area (TPSA) is 49.4 Å². The predicted octanol–water partition coefficient (Wildman–Crippen LogP) is 2.18. The van der Waals surface area contributed by atoms with Crippen LogP contribution < -0.4 is 5.32 Å². The molecule has 2 amide bonds. The van der Waals surface area contributed by atoms with Gasteiger partial charge in [0.25, 0.3) is 0 Å². The van der Waals surface area contributed by atoms with Gasteiger partial charge in [-0.1, -0.05) is 41.0 Å². The second-order valence-corrected chi connectivity index (χ2v) is 7.42. The average Bonchev–Trinajstić information content (AvgIpc) is 2.92. The van der Waals surface area contributed by atoms with E-state index in [0.29, 0.717) is 11.3 Å². The summed E-state index contributed by atoms with van der Waals surface area (Å²) in [5, 5.41) is 2.91. The number of hydrogen-bond donors (Lipinski definition) is 1. The number of nitrogens with zero attached hydrogens (tertiary/aromatic N) is 1. The van der Waals surface area contributed by atoms with E-state index >= 15 is 0 Å². The lowest BCUT2D eigenvalue weighted by Crippen LogP contribution is -2.65. The van der Waals surface area contributed by atoms with Gasteiger partial charge in [-0.05, 0) is 30.1 Å². The zero-order valence-corrected chi connectivity index (χ0v) is 13.4. The molecule has 1 aliphatic carbocycles. The summed E-state index contributed by atoms with van der Waals surface area (Å²) in [4.78, 5) is 26.9. The summed E-state index contributed by atoms with van der Waals surface area (Å²) in [6, 6.07) is -0.614. The van der Waals surface area contributed by atoms with Crippen molar-refractivity contribution in [1.82, 2.24) is 10.2 Å². The first-order valence-corrected chi connectivity index (χ1v) is 7.88. The van der Waals surface area contributed by atoms with Gasteiger partial charge >= 0.3 is 0 Å². The summed E-state index contributed by atoms with van der Waals surface area (Å²) in [5.41, 5.74) is 0.329. The van der Waals surface area contributed by atoms with Crippen LogP contribution in [0.1, 0.15) is 53.9 Å². The minimum Gasteiger partial charge on any atom is -0.342 e. The number of hydrogen-bond acceptors (Lipinski definition) is 2. The molecule has 0 aromatic carbocycles. The van der Waals surface area contributed by atoms with Crippen LogP contribution in [0.15, 0.2) is 0 Å². The minimum atomic E-state index is -0.315. The molecule has 4 heteroatoms. The molecule has 0 bridgehead atoms. The van der Waals surface area contributed by atoms with Crippen molar-refractivity contribution in [2.75, 3.05) is 6.54 Å². The number of amides is 2. The van der Waals surface area contributed by atoms with Gasteiger partial charge in [0.05, 0.1) is 0 Å². The Morgan fingerprint density at radius 2 is 1.95 bits per heavy atom. The monoisotopic (exact) mass is 280 g/mol. The number of nitrogens with one attached hydrogen (secondary N) is 1. The standard InChI is InChI=1S/C16H28N2O2/c1-6-7-12-15(20)18(9-11-8-16(11,4)5)13(10(2)3)14(19)17-12/h10-13H,6-9H2,1-5H3,(H,17,19). The first-order valence-electron chi connectivity index (χ1n) is 7.88. The summed E-state index contributed by atoms with van der Waals surface area (Å²) in [6.45, 7) is 11.3. The van der Waals surface area contributed by atoms with Gasteiger partial charge in [-0.2, -0.15) is 0 Å². The van der Waals surface area contributed by atoms with E-state index in [1.807, 2.05) is 25.7 Å². The Hall–Kier alpha value is -1.06. The van der Waals surface area contributed by atoms with Crippen LogP contribution in [-0.4, -0.2) is 35.3 Å². The van der Waals surface area contributed by atoms with Crippen molar-refractivity contribution in [1.29, 1.82) is 0 Å². The Morgan fingerprint density at radius 3 is 2.40 bits per heavy atom. The van der Waals surface area contributed by atoms with Crippen LogP contribution in [0.5, 0.6) is 0 Å². The molecule has 0 aromatic rings. The molecule has 0 radical (unpaired) electrons. The molecule has 2 aliphatic rings. The van der Waals surface area contributed by atoms with Crippen LogP contribution in [0.3, 0.4) is 0 Å². The number of piperazine rings is 1. The average molecular weight is 280 g/mol. The quantitative estimate of drug-likeness (QED) is 0.839. The fourth-order valence-electron chi connectivity index (χ4n) is 3.27. The molecular weight excluding hydrogens is 252 g/mol. The summed E-state index contributed by atoms with van der Waals surface area (Å²) in [6.07, 6.45) is 2.80. The molecule has 1 N–H and O–H groups in total. The Kier molecular flexibility index (Phi) is 4.12. The van der Waals surface area contributed by atoms with Gasteiger partial charge in [-0.3, -0.25) is 9.59 Å². The number of carbonyl (C=O) groups excluding carboxylic acids is 2. The van der Waals surface area contributed by atoms with Gasteiger partial charge in [0.1, 0.15) is 12.1 Å². The van der Waals surface area contributed by atoms with Crippen molar-refractivity contribution >= 4 is 11.8 Å². The van der Waals surface area contributed by atoms with E-state index in [-0.39, 0.29) is 29.8 Å². The first-order chi connectivity index (χ1) is 9.27.